The van der Waals surface area contributed by atoms with Gasteiger partial charge in [-0.05, 0) is 26.3 Å². The highest BCUT2D eigenvalue weighted by Crippen LogP contribution is 2.15. The van der Waals surface area contributed by atoms with Crippen LogP contribution in [0.25, 0.3) is 0 Å². The maximum absolute atomic E-state index is 11.5. The molecule has 0 bridgehead atoms. The minimum Gasteiger partial charge on any atom is -0.389 e. The van der Waals surface area contributed by atoms with Gasteiger partial charge >= 0.3 is 0 Å². The predicted octanol–water partition coefficient (Wildman–Crippen LogP) is 1.24. The molecule has 0 aliphatic rings. The molecule has 0 spiro atoms. The lowest BCUT2D eigenvalue weighted by atomic mass is 10.1. The summed E-state index contributed by atoms with van der Waals surface area (Å²) in [5.74, 6) is -0.0664. The number of carbonyl (C=O) groups excluding carboxylic acids is 1. The minimum absolute atomic E-state index is 0.0664. The molecule has 3 unspecified atom stereocenters. The zero-order valence-corrected chi connectivity index (χ0v) is 13.0. The Kier molecular flexibility index (Phi) is 7.97. The zero-order valence-electron chi connectivity index (χ0n) is 13.0. The Hall–Kier alpha value is -1.43. The molecule has 1 rings (SSSR count). The molecular formula is C16H26N2O3. The van der Waals surface area contributed by atoms with Gasteiger partial charge in [-0.25, -0.2) is 0 Å². The number of aliphatic hydroxyl groups excluding tert-OH is 1. The molecule has 3 N–H and O–H groups in total. The molecule has 0 saturated heterocycles. The number of likely N-dealkylation sites (N-methyl/N-ethyl adjacent to an activating group) is 1. The van der Waals surface area contributed by atoms with E-state index in [1.807, 2.05) is 44.2 Å². The lowest BCUT2D eigenvalue weighted by Crippen LogP contribution is -2.45. The second-order valence-electron chi connectivity index (χ2n) is 5.06. The highest BCUT2D eigenvalue weighted by molar-refractivity contribution is 5.81. The van der Waals surface area contributed by atoms with E-state index in [9.17, 15) is 9.90 Å². The summed E-state index contributed by atoms with van der Waals surface area (Å²) in [5, 5.41) is 15.6. The van der Waals surface area contributed by atoms with E-state index in [-0.39, 0.29) is 24.7 Å². The normalized spacial score (nSPS) is 15.2. The molecule has 3 atom stereocenters. The monoisotopic (exact) mass is 294 g/mol. The van der Waals surface area contributed by atoms with E-state index in [0.717, 1.165) is 5.56 Å². The number of carbonyl (C=O) groups is 1. The fourth-order valence-corrected chi connectivity index (χ4v) is 1.87. The third kappa shape index (κ3) is 6.71. The van der Waals surface area contributed by atoms with Crippen LogP contribution >= 0.6 is 0 Å². The van der Waals surface area contributed by atoms with Crippen LogP contribution in [-0.2, 0) is 9.53 Å². The van der Waals surface area contributed by atoms with Gasteiger partial charge in [-0.1, -0.05) is 30.3 Å². The van der Waals surface area contributed by atoms with E-state index in [1.165, 1.54) is 0 Å². The molecule has 0 aliphatic heterocycles. The van der Waals surface area contributed by atoms with Crippen molar-refractivity contribution in [2.75, 3.05) is 19.7 Å². The van der Waals surface area contributed by atoms with Crippen LogP contribution in [-0.4, -0.2) is 42.9 Å². The first-order valence-electron chi connectivity index (χ1n) is 7.40. The number of amides is 1. The third-order valence-electron chi connectivity index (χ3n) is 3.21. The molecule has 1 aromatic carbocycles. The van der Waals surface area contributed by atoms with E-state index in [1.54, 1.807) is 6.92 Å². The third-order valence-corrected chi connectivity index (χ3v) is 3.21. The summed E-state index contributed by atoms with van der Waals surface area (Å²) < 4.78 is 5.64. The Bertz CT molecular complexity index is 411. The van der Waals surface area contributed by atoms with Crippen LogP contribution in [0.2, 0.25) is 0 Å². The molecular weight excluding hydrogens is 268 g/mol. The van der Waals surface area contributed by atoms with Gasteiger partial charge in [0.1, 0.15) is 0 Å². The van der Waals surface area contributed by atoms with Crippen molar-refractivity contribution in [2.45, 2.75) is 39.0 Å². The first-order valence-corrected chi connectivity index (χ1v) is 7.40. The highest BCUT2D eigenvalue weighted by atomic mass is 16.5. The van der Waals surface area contributed by atoms with E-state index >= 15 is 0 Å². The Morgan fingerprint density at radius 1 is 1.29 bits per heavy atom. The van der Waals surface area contributed by atoms with Crippen LogP contribution in [0, 0.1) is 0 Å². The SMILES string of the molecule is CCNC(=O)C(C)NCC(O)COC(C)c1ccccc1. The van der Waals surface area contributed by atoms with E-state index in [0.29, 0.717) is 13.1 Å². The summed E-state index contributed by atoms with van der Waals surface area (Å²) >= 11 is 0. The second kappa shape index (κ2) is 9.50. The Balaban J connectivity index is 2.25. The van der Waals surface area contributed by atoms with Crippen LogP contribution < -0.4 is 10.6 Å². The van der Waals surface area contributed by atoms with Gasteiger partial charge in [-0.3, -0.25) is 4.79 Å². The standard InChI is InChI=1S/C16H26N2O3/c1-4-17-16(20)12(2)18-10-15(19)11-21-13(3)14-8-6-5-7-9-14/h5-9,12-13,15,18-19H,4,10-11H2,1-3H3,(H,17,20). The number of benzene rings is 1. The van der Waals surface area contributed by atoms with Gasteiger partial charge in [-0.15, -0.1) is 0 Å². The molecule has 118 valence electrons. The maximum Gasteiger partial charge on any atom is 0.236 e. The molecule has 0 heterocycles. The maximum atomic E-state index is 11.5. The molecule has 0 aliphatic carbocycles. The van der Waals surface area contributed by atoms with Crippen molar-refractivity contribution in [1.82, 2.24) is 10.6 Å². The summed E-state index contributed by atoms with van der Waals surface area (Å²) in [6, 6.07) is 9.53. The summed E-state index contributed by atoms with van der Waals surface area (Å²) in [5.41, 5.74) is 1.08. The average molecular weight is 294 g/mol. The van der Waals surface area contributed by atoms with Crippen LogP contribution in [0.3, 0.4) is 0 Å². The molecule has 5 heteroatoms. The second-order valence-corrected chi connectivity index (χ2v) is 5.06. The van der Waals surface area contributed by atoms with Gasteiger partial charge in [-0.2, -0.15) is 0 Å². The van der Waals surface area contributed by atoms with Crippen molar-refractivity contribution in [3.05, 3.63) is 35.9 Å². The first kappa shape index (κ1) is 17.6. The number of hydrogen-bond donors (Lipinski definition) is 3. The van der Waals surface area contributed by atoms with Crippen molar-refractivity contribution in [3.63, 3.8) is 0 Å². The van der Waals surface area contributed by atoms with Crippen molar-refractivity contribution >= 4 is 5.91 Å². The molecule has 5 nitrogen and oxygen atoms in total. The minimum atomic E-state index is -0.645. The van der Waals surface area contributed by atoms with Crippen LogP contribution in [0.15, 0.2) is 30.3 Å². The number of ether oxygens (including phenoxy) is 1. The first-order chi connectivity index (χ1) is 10.0. The van der Waals surface area contributed by atoms with Gasteiger partial charge in [0.15, 0.2) is 0 Å². The van der Waals surface area contributed by atoms with Crippen LogP contribution in [0.4, 0.5) is 0 Å². The highest BCUT2D eigenvalue weighted by Gasteiger charge is 2.14. The summed E-state index contributed by atoms with van der Waals surface area (Å²) in [4.78, 5) is 11.5. The number of nitrogens with one attached hydrogen (secondary N) is 2. The van der Waals surface area contributed by atoms with Gasteiger partial charge in [0, 0.05) is 13.1 Å². The largest absolute Gasteiger partial charge is 0.389 e. The molecule has 1 amide bonds. The summed E-state index contributed by atoms with van der Waals surface area (Å²) in [6.07, 6.45) is -0.713. The molecule has 0 radical (unpaired) electrons. The summed E-state index contributed by atoms with van der Waals surface area (Å²) in [7, 11) is 0. The van der Waals surface area contributed by atoms with Gasteiger partial charge in [0.25, 0.3) is 0 Å². The van der Waals surface area contributed by atoms with E-state index in [4.69, 9.17) is 4.74 Å². The zero-order chi connectivity index (χ0) is 15.7. The topological polar surface area (TPSA) is 70.6 Å². The van der Waals surface area contributed by atoms with Crippen molar-refractivity contribution in [3.8, 4) is 0 Å². The fraction of sp³-hybridized carbons (Fsp3) is 0.562. The fourth-order valence-electron chi connectivity index (χ4n) is 1.87. The van der Waals surface area contributed by atoms with Crippen molar-refractivity contribution in [1.29, 1.82) is 0 Å². The molecule has 0 saturated carbocycles. The lowest BCUT2D eigenvalue weighted by Gasteiger charge is -2.19. The molecule has 21 heavy (non-hydrogen) atoms. The Labute approximate surface area is 126 Å². The smallest absolute Gasteiger partial charge is 0.236 e. The van der Waals surface area contributed by atoms with Crippen LogP contribution in [0.1, 0.15) is 32.4 Å². The Morgan fingerprint density at radius 3 is 2.57 bits per heavy atom. The van der Waals surface area contributed by atoms with Gasteiger partial charge in [0.2, 0.25) is 5.91 Å². The van der Waals surface area contributed by atoms with Crippen molar-refractivity contribution < 1.29 is 14.6 Å². The number of rotatable bonds is 9. The summed E-state index contributed by atoms with van der Waals surface area (Å²) in [6.45, 7) is 6.74. The lowest BCUT2D eigenvalue weighted by molar-refractivity contribution is -0.122. The quantitative estimate of drug-likeness (QED) is 0.641. The Morgan fingerprint density at radius 2 is 1.95 bits per heavy atom. The van der Waals surface area contributed by atoms with Gasteiger partial charge < -0.3 is 20.5 Å². The van der Waals surface area contributed by atoms with E-state index < -0.39 is 6.10 Å². The molecule has 0 fully saturated rings. The number of aliphatic hydroxyl groups is 1. The average Bonchev–Trinajstić information content (AvgIpc) is 2.51. The predicted molar refractivity (Wildman–Crippen MR) is 83.0 cm³/mol. The van der Waals surface area contributed by atoms with E-state index in [2.05, 4.69) is 10.6 Å². The van der Waals surface area contributed by atoms with Crippen LogP contribution in [0.5, 0.6) is 0 Å². The number of hydrogen-bond acceptors (Lipinski definition) is 4. The molecule has 0 aromatic heterocycles. The van der Waals surface area contributed by atoms with Gasteiger partial charge in [0.05, 0.1) is 24.9 Å². The molecule has 1 aromatic rings. The van der Waals surface area contributed by atoms with Crippen molar-refractivity contribution in [2.24, 2.45) is 0 Å².